The van der Waals surface area contributed by atoms with Gasteiger partial charge in [-0.1, -0.05) is 23.7 Å². The van der Waals surface area contributed by atoms with Gasteiger partial charge in [-0.2, -0.15) is 0 Å². The van der Waals surface area contributed by atoms with Crippen LogP contribution >= 0.6 is 22.9 Å². The lowest BCUT2D eigenvalue weighted by atomic mass is 9.91. The molecule has 0 aliphatic rings. The van der Waals surface area contributed by atoms with Crippen LogP contribution in [-0.4, -0.2) is 31.2 Å². The van der Waals surface area contributed by atoms with Gasteiger partial charge in [0.05, 0.1) is 26.9 Å². The lowest BCUT2D eigenvalue weighted by Crippen LogP contribution is -2.28. The van der Waals surface area contributed by atoms with Gasteiger partial charge in [0.2, 0.25) is 0 Å². The molecule has 5 rings (SSSR count). The second-order valence-electron chi connectivity index (χ2n) is 10.0. The number of H-pyrrole nitrogens is 1. The molecule has 1 unspecified atom stereocenters. The molecule has 2 heterocycles. The number of benzene rings is 3. The summed E-state index contributed by atoms with van der Waals surface area (Å²) < 4.78 is 8.49. The summed E-state index contributed by atoms with van der Waals surface area (Å²) in [6.07, 6.45) is -1.17. The molecule has 0 aliphatic heterocycles. The van der Waals surface area contributed by atoms with E-state index in [9.17, 15) is 14.7 Å². The Labute approximate surface area is 222 Å². The summed E-state index contributed by atoms with van der Waals surface area (Å²) >= 11 is 7.65. The molecule has 0 saturated carbocycles. The number of aromatic amines is 1. The minimum absolute atomic E-state index is 0.180. The maximum absolute atomic E-state index is 12.5. The number of aromatic nitrogens is 3. The molecule has 9 heteroatoms. The van der Waals surface area contributed by atoms with E-state index in [0.717, 1.165) is 48.5 Å². The van der Waals surface area contributed by atoms with Crippen molar-refractivity contribution in [1.29, 1.82) is 0 Å². The number of carboxylic acids is 1. The van der Waals surface area contributed by atoms with Gasteiger partial charge in [-0.25, -0.2) is 14.6 Å². The van der Waals surface area contributed by atoms with E-state index in [2.05, 4.69) is 4.98 Å². The third-order valence-corrected chi connectivity index (χ3v) is 7.56. The summed E-state index contributed by atoms with van der Waals surface area (Å²) in [4.78, 5) is 32.3. The number of thiazole rings is 1. The Morgan fingerprint density at radius 1 is 1.14 bits per heavy atom. The molecule has 190 valence electrons. The predicted molar refractivity (Wildman–Crippen MR) is 149 cm³/mol. The number of aliphatic carboxylic acids is 1. The molecule has 7 nitrogen and oxygen atoms in total. The van der Waals surface area contributed by atoms with Gasteiger partial charge < -0.3 is 14.8 Å². The van der Waals surface area contributed by atoms with Crippen LogP contribution in [0.25, 0.3) is 42.9 Å². The summed E-state index contributed by atoms with van der Waals surface area (Å²) in [6, 6.07) is 15.0. The topological polar surface area (TPSA) is 97.2 Å². The van der Waals surface area contributed by atoms with Crippen LogP contribution in [0.5, 0.6) is 0 Å². The zero-order chi connectivity index (χ0) is 26.6. The average molecular weight is 536 g/mol. The molecule has 3 aromatic carbocycles. The molecule has 2 aromatic heterocycles. The van der Waals surface area contributed by atoms with Crippen LogP contribution in [0.2, 0.25) is 5.02 Å². The first kappa shape index (κ1) is 25.2. The smallest absolute Gasteiger partial charge is 0.337 e. The van der Waals surface area contributed by atoms with E-state index in [1.54, 1.807) is 23.7 Å². The Hall–Kier alpha value is -3.46. The standard InChI is InChI=1S/C28H26ClN3O4S/c1-14-12-19-24(37-25(30-19)16-8-11-20-18(13-16)31-27(35)32(20)5)22(15-6-9-17(29)10-7-15)21(14)23(26(33)34)36-28(2,3)4/h6-13,23H,1-5H3,(H,31,35)(H,33,34). The van der Waals surface area contributed by atoms with Gasteiger partial charge in [-0.05, 0) is 75.2 Å². The normalized spacial score (nSPS) is 12.9. The Bertz CT molecular complexity index is 1730. The number of rotatable bonds is 5. The highest BCUT2D eigenvalue weighted by Gasteiger charge is 2.32. The van der Waals surface area contributed by atoms with Crippen LogP contribution < -0.4 is 5.69 Å². The third-order valence-electron chi connectivity index (χ3n) is 6.17. The monoisotopic (exact) mass is 535 g/mol. The summed E-state index contributed by atoms with van der Waals surface area (Å²) in [6.45, 7) is 7.41. The first-order valence-electron chi connectivity index (χ1n) is 11.7. The number of fused-ring (bicyclic) bond motifs is 2. The lowest BCUT2D eigenvalue weighted by molar-refractivity contribution is -0.160. The fourth-order valence-corrected chi connectivity index (χ4v) is 5.78. The minimum Gasteiger partial charge on any atom is -0.479 e. The van der Waals surface area contributed by atoms with Crippen molar-refractivity contribution in [3.8, 4) is 21.7 Å². The highest BCUT2D eigenvalue weighted by Crippen LogP contribution is 2.44. The van der Waals surface area contributed by atoms with Gasteiger partial charge in [0.25, 0.3) is 0 Å². The first-order chi connectivity index (χ1) is 17.4. The van der Waals surface area contributed by atoms with E-state index in [0.29, 0.717) is 10.6 Å². The summed E-state index contributed by atoms with van der Waals surface area (Å²) in [5.41, 5.74) is 5.25. The molecule has 2 N–H and O–H groups in total. The van der Waals surface area contributed by atoms with Crippen LogP contribution in [0.15, 0.2) is 53.3 Å². The molecule has 0 bridgehead atoms. The Balaban J connectivity index is 1.78. The number of hydrogen-bond donors (Lipinski definition) is 2. The molecule has 0 saturated heterocycles. The third kappa shape index (κ3) is 4.68. The summed E-state index contributed by atoms with van der Waals surface area (Å²) in [5.74, 6) is -1.06. The van der Waals surface area contributed by atoms with E-state index >= 15 is 0 Å². The number of nitrogens with one attached hydrogen (secondary N) is 1. The van der Waals surface area contributed by atoms with Crippen LogP contribution in [-0.2, 0) is 16.6 Å². The molecular weight excluding hydrogens is 510 g/mol. The number of ether oxygens (including phenoxy) is 1. The minimum atomic E-state index is -1.17. The van der Waals surface area contributed by atoms with E-state index < -0.39 is 17.7 Å². The molecule has 5 aromatic rings. The first-order valence-corrected chi connectivity index (χ1v) is 12.9. The van der Waals surface area contributed by atoms with Crippen molar-refractivity contribution >= 4 is 50.2 Å². The number of aryl methyl sites for hydroxylation is 2. The van der Waals surface area contributed by atoms with Crippen LogP contribution in [0, 0.1) is 6.92 Å². The largest absolute Gasteiger partial charge is 0.479 e. The molecule has 0 spiro atoms. The van der Waals surface area contributed by atoms with E-state index in [-0.39, 0.29) is 5.69 Å². The SMILES string of the molecule is Cc1cc2nc(-c3ccc4c(c3)[nH]c(=O)n4C)sc2c(-c2ccc(Cl)cc2)c1C(OC(C)(C)C)C(=O)O. The fraction of sp³-hybridized carbons (Fsp3) is 0.250. The van der Waals surface area contributed by atoms with Crippen molar-refractivity contribution in [3.63, 3.8) is 0 Å². The van der Waals surface area contributed by atoms with Gasteiger partial charge in [0, 0.05) is 28.8 Å². The molecule has 1 atom stereocenters. The van der Waals surface area contributed by atoms with Crippen LogP contribution in [0.4, 0.5) is 0 Å². The number of hydrogen-bond acceptors (Lipinski definition) is 5. The maximum atomic E-state index is 12.5. The Morgan fingerprint density at radius 2 is 1.81 bits per heavy atom. The highest BCUT2D eigenvalue weighted by molar-refractivity contribution is 7.22. The van der Waals surface area contributed by atoms with Gasteiger partial charge in [0.15, 0.2) is 6.10 Å². The highest BCUT2D eigenvalue weighted by atomic mass is 35.5. The second kappa shape index (κ2) is 9.13. The van der Waals surface area contributed by atoms with Gasteiger partial charge >= 0.3 is 11.7 Å². The number of nitrogens with zero attached hydrogens (tertiary/aromatic N) is 2. The van der Waals surface area contributed by atoms with Gasteiger partial charge in [-0.15, -0.1) is 11.3 Å². The number of imidazole rings is 1. The molecular formula is C28H26ClN3O4S. The predicted octanol–water partition coefficient (Wildman–Crippen LogP) is 6.71. The number of carbonyl (C=O) groups is 1. The van der Waals surface area contributed by atoms with Crippen molar-refractivity contribution in [1.82, 2.24) is 14.5 Å². The van der Waals surface area contributed by atoms with Crippen molar-refractivity contribution in [2.75, 3.05) is 0 Å². The van der Waals surface area contributed by atoms with E-state index in [1.165, 1.54) is 11.3 Å². The number of carboxylic acid groups (broad SMARTS) is 1. The molecule has 0 radical (unpaired) electrons. The maximum Gasteiger partial charge on any atom is 0.337 e. The zero-order valence-corrected chi connectivity index (χ0v) is 22.6. The van der Waals surface area contributed by atoms with Gasteiger partial charge in [0.1, 0.15) is 5.01 Å². The Morgan fingerprint density at radius 3 is 2.46 bits per heavy atom. The van der Waals surface area contributed by atoms with Crippen molar-refractivity contribution < 1.29 is 14.6 Å². The molecule has 0 aliphatic carbocycles. The quantitative estimate of drug-likeness (QED) is 0.260. The van der Waals surface area contributed by atoms with Crippen LogP contribution in [0.3, 0.4) is 0 Å². The fourth-order valence-electron chi connectivity index (χ4n) is 4.53. The van der Waals surface area contributed by atoms with Crippen LogP contribution in [0.1, 0.15) is 38.0 Å². The van der Waals surface area contributed by atoms with E-state index in [1.807, 2.05) is 64.1 Å². The molecule has 37 heavy (non-hydrogen) atoms. The number of halogens is 1. The summed E-state index contributed by atoms with van der Waals surface area (Å²) in [5, 5.41) is 11.6. The van der Waals surface area contributed by atoms with Gasteiger partial charge in [-0.3, -0.25) is 4.57 Å². The molecule has 0 amide bonds. The van der Waals surface area contributed by atoms with Crippen molar-refractivity contribution in [2.45, 2.75) is 39.4 Å². The van der Waals surface area contributed by atoms with Crippen molar-refractivity contribution in [2.24, 2.45) is 7.05 Å². The lowest BCUT2D eigenvalue weighted by Gasteiger charge is -2.28. The zero-order valence-electron chi connectivity index (χ0n) is 21.0. The average Bonchev–Trinajstić information content (AvgIpc) is 3.36. The summed E-state index contributed by atoms with van der Waals surface area (Å²) in [7, 11) is 1.72. The Kier molecular flexibility index (Phi) is 6.22. The second-order valence-corrected chi connectivity index (χ2v) is 11.5. The van der Waals surface area contributed by atoms with E-state index in [4.69, 9.17) is 21.3 Å². The van der Waals surface area contributed by atoms with Crippen molar-refractivity contribution in [3.05, 3.63) is 75.2 Å². The molecule has 0 fully saturated rings.